The molecule has 1 rings (SSSR count). The Hall–Kier alpha value is -0.810. The molecular formula is C9H11ClN2O2S. The Morgan fingerprint density at radius 1 is 1.60 bits per heavy atom. The largest absolute Gasteiger partial charge is 0.481 e. The molecule has 0 spiro atoms. The minimum atomic E-state index is -0.780. The number of hydrogen-bond donors (Lipinski definition) is 1. The molecule has 1 unspecified atom stereocenters. The van der Waals surface area contributed by atoms with Crippen LogP contribution in [0.3, 0.4) is 0 Å². The molecule has 15 heavy (non-hydrogen) atoms. The standard InChI is InChI=1S/C9H11ClN2O2S/c1-6(2-9(13)14)15-5-7-3-12-8(10)4-11-7/h3-4,6H,2,5H2,1H3,(H,13,14). The highest BCUT2D eigenvalue weighted by Gasteiger charge is 2.08. The third-order valence-electron chi connectivity index (χ3n) is 1.65. The SMILES string of the molecule is CC(CC(=O)O)SCc1cnc(Cl)cn1. The van der Waals surface area contributed by atoms with Gasteiger partial charge in [-0.3, -0.25) is 9.78 Å². The first kappa shape index (κ1) is 12.3. The summed E-state index contributed by atoms with van der Waals surface area (Å²) in [5, 5.41) is 8.99. The van der Waals surface area contributed by atoms with Gasteiger partial charge in [-0.25, -0.2) is 4.98 Å². The lowest BCUT2D eigenvalue weighted by Gasteiger charge is -2.07. The molecule has 0 radical (unpaired) electrons. The summed E-state index contributed by atoms with van der Waals surface area (Å²) in [5.74, 6) is -0.129. The maximum Gasteiger partial charge on any atom is 0.304 e. The normalized spacial score (nSPS) is 12.4. The minimum Gasteiger partial charge on any atom is -0.481 e. The summed E-state index contributed by atoms with van der Waals surface area (Å²) >= 11 is 7.12. The van der Waals surface area contributed by atoms with Gasteiger partial charge in [0.2, 0.25) is 0 Å². The van der Waals surface area contributed by atoms with Crippen molar-refractivity contribution in [1.29, 1.82) is 0 Å². The topological polar surface area (TPSA) is 63.1 Å². The molecule has 1 aromatic heterocycles. The Morgan fingerprint density at radius 3 is 2.87 bits per heavy atom. The number of aromatic nitrogens is 2. The third kappa shape index (κ3) is 4.99. The molecule has 0 saturated heterocycles. The Morgan fingerprint density at radius 2 is 2.33 bits per heavy atom. The summed E-state index contributed by atoms with van der Waals surface area (Å²) in [6, 6.07) is 0. The summed E-state index contributed by atoms with van der Waals surface area (Å²) in [7, 11) is 0. The van der Waals surface area contributed by atoms with E-state index < -0.39 is 5.97 Å². The lowest BCUT2D eigenvalue weighted by molar-refractivity contribution is -0.136. The van der Waals surface area contributed by atoms with Crippen molar-refractivity contribution < 1.29 is 9.90 Å². The molecule has 0 aliphatic rings. The third-order valence-corrected chi connectivity index (χ3v) is 3.04. The Kier molecular flexibility index (Phi) is 4.84. The second-order valence-electron chi connectivity index (χ2n) is 3.05. The first-order chi connectivity index (χ1) is 7.08. The van der Waals surface area contributed by atoms with Crippen molar-refractivity contribution in [3.05, 3.63) is 23.2 Å². The van der Waals surface area contributed by atoms with Crippen molar-refractivity contribution in [3.8, 4) is 0 Å². The highest BCUT2D eigenvalue weighted by Crippen LogP contribution is 2.18. The average Bonchev–Trinajstić information content (AvgIpc) is 2.16. The molecule has 82 valence electrons. The molecule has 1 N–H and O–H groups in total. The predicted molar refractivity (Wildman–Crippen MR) is 60.1 cm³/mol. The molecular weight excluding hydrogens is 236 g/mol. The van der Waals surface area contributed by atoms with Gasteiger partial charge < -0.3 is 5.11 Å². The van der Waals surface area contributed by atoms with Gasteiger partial charge in [-0.1, -0.05) is 18.5 Å². The molecule has 0 aliphatic carbocycles. The second kappa shape index (κ2) is 5.92. The first-order valence-corrected chi connectivity index (χ1v) is 5.80. The van der Waals surface area contributed by atoms with E-state index in [2.05, 4.69) is 9.97 Å². The van der Waals surface area contributed by atoms with E-state index in [0.717, 1.165) is 5.69 Å². The highest BCUT2D eigenvalue weighted by atomic mass is 35.5. The van der Waals surface area contributed by atoms with Gasteiger partial charge in [0.25, 0.3) is 0 Å². The number of carboxylic acids is 1. The van der Waals surface area contributed by atoms with Crippen LogP contribution in [0, 0.1) is 0 Å². The predicted octanol–water partition coefficient (Wildman–Crippen LogP) is 2.23. The van der Waals surface area contributed by atoms with Crippen molar-refractivity contribution >= 4 is 29.3 Å². The molecule has 1 aromatic rings. The number of halogens is 1. The Bertz CT molecular complexity index is 331. The number of carbonyl (C=O) groups is 1. The van der Waals surface area contributed by atoms with Crippen LogP contribution in [0.5, 0.6) is 0 Å². The maximum absolute atomic E-state index is 10.4. The Labute approximate surface area is 97.1 Å². The van der Waals surface area contributed by atoms with Gasteiger partial charge in [-0.05, 0) is 0 Å². The van der Waals surface area contributed by atoms with Crippen molar-refractivity contribution in [2.24, 2.45) is 0 Å². The fourth-order valence-corrected chi connectivity index (χ4v) is 1.91. The number of carboxylic acid groups (broad SMARTS) is 1. The van der Waals surface area contributed by atoms with Crippen LogP contribution in [0.1, 0.15) is 19.0 Å². The van der Waals surface area contributed by atoms with Crippen LogP contribution >= 0.6 is 23.4 Å². The second-order valence-corrected chi connectivity index (χ2v) is 4.86. The highest BCUT2D eigenvalue weighted by molar-refractivity contribution is 7.99. The molecule has 0 saturated carbocycles. The summed E-state index contributed by atoms with van der Waals surface area (Å²) in [6.45, 7) is 1.88. The summed E-state index contributed by atoms with van der Waals surface area (Å²) in [4.78, 5) is 18.4. The molecule has 0 aliphatic heterocycles. The minimum absolute atomic E-state index is 0.0694. The van der Waals surface area contributed by atoms with Gasteiger partial charge in [0.1, 0.15) is 5.15 Å². The van der Waals surface area contributed by atoms with Gasteiger partial charge in [0.05, 0.1) is 24.5 Å². The molecule has 1 heterocycles. The number of nitrogens with zero attached hydrogens (tertiary/aromatic N) is 2. The monoisotopic (exact) mass is 246 g/mol. The van der Waals surface area contributed by atoms with Gasteiger partial charge in [0.15, 0.2) is 0 Å². The Balaban J connectivity index is 2.36. The quantitative estimate of drug-likeness (QED) is 0.863. The summed E-state index contributed by atoms with van der Waals surface area (Å²) in [5.41, 5.74) is 0.807. The molecule has 0 aromatic carbocycles. The van der Waals surface area contributed by atoms with Crippen LogP contribution in [0.4, 0.5) is 0 Å². The molecule has 0 bridgehead atoms. The molecule has 0 amide bonds. The van der Waals surface area contributed by atoms with Gasteiger partial charge in [-0.15, -0.1) is 0 Å². The fourth-order valence-electron chi connectivity index (χ4n) is 0.946. The van der Waals surface area contributed by atoms with E-state index in [0.29, 0.717) is 10.9 Å². The fraction of sp³-hybridized carbons (Fsp3) is 0.444. The number of rotatable bonds is 5. The molecule has 6 heteroatoms. The maximum atomic E-state index is 10.4. The van der Waals surface area contributed by atoms with Crippen LogP contribution in [-0.4, -0.2) is 26.3 Å². The summed E-state index contributed by atoms with van der Waals surface area (Å²) in [6.07, 6.45) is 3.24. The van der Waals surface area contributed by atoms with E-state index in [1.54, 1.807) is 6.20 Å². The van der Waals surface area contributed by atoms with E-state index in [-0.39, 0.29) is 11.7 Å². The number of aliphatic carboxylic acids is 1. The van der Waals surface area contributed by atoms with Crippen LogP contribution in [0.2, 0.25) is 5.15 Å². The molecule has 1 atom stereocenters. The van der Waals surface area contributed by atoms with Crippen LogP contribution in [0.15, 0.2) is 12.4 Å². The van der Waals surface area contributed by atoms with Crippen LogP contribution in [0.25, 0.3) is 0 Å². The lowest BCUT2D eigenvalue weighted by Crippen LogP contribution is -2.06. The zero-order valence-corrected chi connectivity index (χ0v) is 9.75. The lowest BCUT2D eigenvalue weighted by atomic mass is 10.3. The van der Waals surface area contributed by atoms with E-state index in [1.165, 1.54) is 18.0 Å². The van der Waals surface area contributed by atoms with Crippen LogP contribution in [-0.2, 0) is 10.5 Å². The van der Waals surface area contributed by atoms with Crippen molar-refractivity contribution in [3.63, 3.8) is 0 Å². The van der Waals surface area contributed by atoms with Gasteiger partial charge in [-0.2, -0.15) is 11.8 Å². The van der Waals surface area contributed by atoms with E-state index in [9.17, 15) is 4.79 Å². The smallest absolute Gasteiger partial charge is 0.304 e. The number of hydrogen-bond acceptors (Lipinski definition) is 4. The number of thioether (sulfide) groups is 1. The van der Waals surface area contributed by atoms with E-state index in [4.69, 9.17) is 16.7 Å². The summed E-state index contributed by atoms with van der Waals surface area (Å²) < 4.78 is 0. The first-order valence-electron chi connectivity index (χ1n) is 4.37. The zero-order valence-electron chi connectivity index (χ0n) is 8.18. The van der Waals surface area contributed by atoms with Crippen LogP contribution < -0.4 is 0 Å². The van der Waals surface area contributed by atoms with E-state index in [1.807, 2.05) is 6.92 Å². The van der Waals surface area contributed by atoms with Gasteiger partial charge >= 0.3 is 5.97 Å². The van der Waals surface area contributed by atoms with E-state index >= 15 is 0 Å². The molecule has 4 nitrogen and oxygen atoms in total. The van der Waals surface area contributed by atoms with Crippen molar-refractivity contribution in [2.75, 3.05) is 0 Å². The average molecular weight is 247 g/mol. The van der Waals surface area contributed by atoms with Gasteiger partial charge in [0, 0.05) is 11.0 Å². The van der Waals surface area contributed by atoms with Crippen molar-refractivity contribution in [2.45, 2.75) is 24.3 Å². The van der Waals surface area contributed by atoms with Crippen molar-refractivity contribution in [1.82, 2.24) is 9.97 Å². The molecule has 0 fully saturated rings. The zero-order chi connectivity index (χ0) is 11.3.